The first-order valence-corrected chi connectivity index (χ1v) is 14.2. The number of allylic oxidation sites excluding steroid dienone is 9. The number of amides is 1. The second kappa shape index (κ2) is 15.0. The Hall–Kier alpha value is -4.16. The van der Waals surface area contributed by atoms with Crippen molar-refractivity contribution in [2.24, 2.45) is 5.92 Å². The summed E-state index contributed by atoms with van der Waals surface area (Å²) < 4.78 is 0. The van der Waals surface area contributed by atoms with E-state index in [0.717, 1.165) is 36.4 Å². The van der Waals surface area contributed by atoms with E-state index >= 15 is 0 Å². The lowest BCUT2D eigenvalue weighted by Gasteiger charge is -2.26. The van der Waals surface area contributed by atoms with E-state index < -0.39 is 5.97 Å². The summed E-state index contributed by atoms with van der Waals surface area (Å²) in [5, 5.41) is 12.7. The molecule has 6 nitrogen and oxygen atoms in total. The summed E-state index contributed by atoms with van der Waals surface area (Å²) in [7, 11) is 0. The Morgan fingerprint density at radius 3 is 2.66 bits per heavy atom. The van der Waals surface area contributed by atoms with Crippen LogP contribution < -0.4 is 5.32 Å². The number of imidazole rings is 1. The molecule has 1 heterocycles. The van der Waals surface area contributed by atoms with Crippen LogP contribution in [0.2, 0.25) is 0 Å². The van der Waals surface area contributed by atoms with Gasteiger partial charge in [0, 0.05) is 34.7 Å². The molecule has 0 saturated heterocycles. The lowest BCUT2D eigenvalue weighted by Crippen LogP contribution is -2.40. The van der Waals surface area contributed by atoms with Gasteiger partial charge in [0.1, 0.15) is 5.82 Å². The summed E-state index contributed by atoms with van der Waals surface area (Å²) in [5.41, 5.74) is 5.58. The number of carbonyl (C=O) groups is 2. The summed E-state index contributed by atoms with van der Waals surface area (Å²) in [6, 6.07) is 6.01. The highest BCUT2D eigenvalue weighted by molar-refractivity contribution is 6.25. The van der Waals surface area contributed by atoms with Crippen LogP contribution in [0, 0.1) is 5.92 Å². The average molecular weight is 572 g/mol. The molecular formula is C34H38ClN3O3. The molecule has 2 atom stereocenters. The number of nitrogens with one attached hydrogen (secondary N) is 2. The van der Waals surface area contributed by atoms with Gasteiger partial charge in [-0.1, -0.05) is 94.5 Å². The molecule has 1 aliphatic carbocycles. The maximum absolute atomic E-state index is 13.0. The van der Waals surface area contributed by atoms with Gasteiger partial charge in [0.2, 0.25) is 0 Å². The van der Waals surface area contributed by atoms with E-state index in [0.29, 0.717) is 22.9 Å². The number of carbonyl (C=O) groups excluding carboxylic acids is 1. The van der Waals surface area contributed by atoms with Crippen LogP contribution >= 0.6 is 11.6 Å². The lowest BCUT2D eigenvalue weighted by atomic mass is 9.89. The van der Waals surface area contributed by atoms with Crippen molar-refractivity contribution >= 4 is 40.1 Å². The second-order valence-electron chi connectivity index (χ2n) is 10.3. The Bertz CT molecular complexity index is 1480. The van der Waals surface area contributed by atoms with E-state index in [2.05, 4.69) is 62.4 Å². The van der Waals surface area contributed by atoms with Crippen LogP contribution in [0.3, 0.4) is 0 Å². The fourth-order valence-corrected chi connectivity index (χ4v) is 4.70. The molecule has 1 unspecified atom stereocenters. The Morgan fingerprint density at radius 2 is 2.02 bits per heavy atom. The van der Waals surface area contributed by atoms with Crippen molar-refractivity contribution < 1.29 is 14.7 Å². The van der Waals surface area contributed by atoms with Crippen molar-refractivity contribution in [3.63, 3.8) is 0 Å². The van der Waals surface area contributed by atoms with E-state index in [1.165, 1.54) is 23.3 Å². The molecule has 0 bridgehead atoms. The Morgan fingerprint density at radius 1 is 1.24 bits per heavy atom. The molecule has 7 heteroatoms. The van der Waals surface area contributed by atoms with E-state index in [-0.39, 0.29) is 29.0 Å². The highest BCUT2D eigenvalue weighted by atomic mass is 35.5. The SMILES string of the molecule is C=C(/C=C\C(=C\C(=O)O)C(=C)/C(=C\C=C\Cl)c1nc2ccc(C(C)C)cc2[nH]1)C(=O)N[C@H](CCC)C1C=CC=CC1. The second-order valence-corrected chi connectivity index (χ2v) is 10.5. The molecule has 2 aromatic rings. The number of carboxylic acid groups (broad SMARTS) is 1. The maximum atomic E-state index is 13.0. The lowest BCUT2D eigenvalue weighted by molar-refractivity contribution is -0.131. The van der Waals surface area contributed by atoms with Crippen molar-refractivity contribution in [1.82, 2.24) is 15.3 Å². The van der Waals surface area contributed by atoms with Gasteiger partial charge in [-0.3, -0.25) is 4.79 Å². The van der Waals surface area contributed by atoms with E-state index in [4.69, 9.17) is 16.6 Å². The van der Waals surface area contributed by atoms with E-state index in [1.54, 1.807) is 12.2 Å². The fourth-order valence-electron chi connectivity index (χ4n) is 4.62. The smallest absolute Gasteiger partial charge is 0.328 e. The molecule has 1 aromatic heterocycles. The molecule has 3 rings (SSSR count). The number of carboxylic acids is 1. The Labute approximate surface area is 247 Å². The van der Waals surface area contributed by atoms with Crippen molar-refractivity contribution in [3.05, 3.63) is 120 Å². The molecule has 1 aliphatic rings. The number of aromatic amines is 1. The van der Waals surface area contributed by atoms with Crippen LogP contribution in [0.4, 0.5) is 0 Å². The number of hydrogen-bond donors (Lipinski definition) is 3. The van der Waals surface area contributed by atoms with Crippen LogP contribution in [0.25, 0.3) is 16.6 Å². The number of benzene rings is 1. The summed E-state index contributed by atoms with van der Waals surface area (Å²) in [5.74, 6) is -0.379. The normalized spacial score (nSPS) is 16.7. The molecule has 1 aromatic carbocycles. The van der Waals surface area contributed by atoms with Gasteiger partial charge in [0.05, 0.1) is 11.0 Å². The van der Waals surface area contributed by atoms with Gasteiger partial charge in [-0.05, 0) is 59.8 Å². The summed E-state index contributed by atoms with van der Waals surface area (Å²) >= 11 is 5.82. The molecule has 1 amide bonds. The molecule has 0 saturated carbocycles. The maximum Gasteiger partial charge on any atom is 0.328 e. The fraction of sp³-hybridized carbons (Fsp3) is 0.265. The largest absolute Gasteiger partial charge is 0.478 e. The number of nitrogens with zero attached hydrogens (tertiary/aromatic N) is 1. The number of aliphatic carboxylic acids is 1. The molecule has 214 valence electrons. The standard InChI is InChI=1S/C34H38ClN3O3/c1-6-11-29(25-12-8-7-9-13-25)38-34(41)23(4)15-16-27(21-32(39)40)24(5)28(14-10-19-35)33-36-30-18-17-26(22(2)3)20-31(30)37-33/h7-10,12,14-22,25,29H,4-6,11,13H2,1-3H3,(H,36,37)(H,38,41)(H,39,40)/b16-15-,19-10+,27-21-,28-14+/t25?,29-/m1/s1. The number of halogens is 1. The first-order chi connectivity index (χ1) is 19.6. The van der Waals surface area contributed by atoms with E-state index in [1.807, 2.05) is 24.3 Å². The minimum Gasteiger partial charge on any atom is -0.478 e. The topological polar surface area (TPSA) is 95.1 Å². The number of rotatable bonds is 13. The van der Waals surface area contributed by atoms with Crippen LogP contribution in [-0.4, -0.2) is 33.0 Å². The Balaban J connectivity index is 1.87. The van der Waals surface area contributed by atoms with Crippen LogP contribution in [0.5, 0.6) is 0 Å². The monoisotopic (exact) mass is 571 g/mol. The molecule has 41 heavy (non-hydrogen) atoms. The number of aromatic nitrogens is 2. The van der Waals surface area contributed by atoms with Crippen molar-refractivity contribution in [1.29, 1.82) is 0 Å². The quantitative estimate of drug-likeness (QED) is 0.168. The zero-order valence-electron chi connectivity index (χ0n) is 23.9. The molecule has 0 spiro atoms. The number of H-pyrrole nitrogens is 1. The third-order valence-electron chi connectivity index (χ3n) is 6.92. The minimum absolute atomic E-state index is 0.0241. The van der Waals surface area contributed by atoms with Crippen molar-refractivity contribution in [3.8, 4) is 0 Å². The zero-order chi connectivity index (χ0) is 29.9. The summed E-state index contributed by atoms with van der Waals surface area (Å²) in [6.07, 6.45) is 18.3. The van der Waals surface area contributed by atoms with Crippen LogP contribution in [0.15, 0.2) is 108 Å². The highest BCUT2D eigenvalue weighted by Crippen LogP contribution is 2.30. The van der Waals surface area contributed by atoms with Crippen molar-refractivity contribution in [2.45, 2.75) is 52.0 Å². The molecule has 3 N–H and O–H groups in total. The van der Waals surface area contributed by atoms with Crippen LogP contribution in [0.1, 0.15) is 57.3 Å². The Kier molecular flexibility index (Phi) is 11.5. The summed E-state index contributed by atoms with van der Waals surface area (Å²) in [6.45, 7) is 14.4. The molecule has 0 radical (unpaired) electrons. The van der Waals surface area contributed by atoms with Gasteiger partial charge in [-0.25, -0.2) is 9.78 Å². The van der Waals surface area contributed by atoms with Gasteiger partial charge in [-0.2, -0.15) is 0 Å². The molecular weight excluding hydrogens is 534 g/mol. The predicted molar refractivity (Wildman–Crippen MR) is 170 cm³/mol. The predicted octanol–water partition coefficient (Wildman–Crippen LogP) is 7.92. The minimum atomic E-state index is -1.15. The summed E-state index contributed by atoms with van der Waals surface area (Å²) in [4.78, 5) is 32.8. The molecule has 0 aliphatic heterocycles. The third-order valence-corrected chi connectivity index (χ3v) is 7.06. The van der Waals surface area contributed by atoms with Crippen LogP contribution in [-0.2, 0) is 9.59 Å². The highest BCUT2D eigenvalue weighted by Gasteiger charge is 2.21. The van der Waals surface area contributed by atoms with Gasteiger partial charge in [-0.15, -0.1) is 0 Å². The van der Waals surface area contributed by atoms with Gasteiger partial charge < -0.3 is 15.4 Å². The van der Waals surface area contributed by atoms with Gasteiger partial charge in [0.15, 0.2) is 0 Å². The van der Waals surface area contributed by atoms with Gasteiger partial charge >= 0.3 is 5.97 Å². The van der Waals surface area contributed by atoms with Crippen molar-refractivity contribution in [2.75, 3.05) is 0 Å². The first kappa shape index (κ1) is 31.4. The number of fused-ring (bicyclic) bond motifs is 1. The third kappa shape index (κ3) is 8.66. The first-order valence-electron chi connectivity index (χ1n) is 13.8. The van der Waals surface area contributed by atoms with E-state index in [9.17, 15) is 14.7 Å². The molecule has 0 fully saturated rings. The number of hydrogen-bond acceptors (Lipinski definition) is 3. The average Bonchev–Trinajstić information content (AvgIpc) is 3.38. The van der Waals surface area contributed by atoms with Gasteiger partial charge in [0.25, 0.3) is 5.91 Å². The zero-order valence-corrected chi connectivity index (χ0v) is 24.6.